The van der Waals surface area contributed by atoms with Crippen LogP contribution in [0.4, 0.5) is 0 Å². The Morgan fingerprint density at radius 1 is 1.27 bits per heavy atom. The first-order valence-electron chi connectivity index (χ1n) is 11.0. The molecule has 1 saturated heterocycles. The molecule has 3 rings (SSSR count). The highest BCUT2D eigenvalue weighted by Crippen LogP contribution is 2.28. The number of aryl methyl sites for hydroxylation is 2. The van der Waals surface area contributed by atoms with Crippen LogP contribution in [0.2, 0.25) is 0 Å². The predicted molar refractivity (Wildman–Crippen MR) is 120 cm³/mol. The van der Waals surface area contributed by atoms with E-state index in [9.17, 15) is 4.79 Å². The number of benzene rings is 1. The summed E-state index contributed by atoms with van der Waals surface area (Å²) in [5.41, 5.74) is 4.67. The number of nitrogens with one attached hydrogen (secondary N) is 1. The number of amides is 1. The molecule has 1 amide bonds. The number of piperidine rings is 1. The minimum absolute atomic E-state index is 0.127. The number of nitrogens with zero attached hydrogens (tertiary/aromatic N) is 3. The van der Waals surface area contributed by atoms with Crippen LogP contribution >= 0.6 is 0 Å². The van der Waals surface area contributed by atoms with Crippen LogP contribution in [0, 0.1) is 13.8 Å². The minimum Gasteiger partial charge on any atom is -0.385 e. The van der Waals surface area contributed by atoms with Crippen molar-refractivity contribution in [3.63, 3.8) is 0 Å². The maximum Gasteiger partial charge on any atom is 0.220 e. The molecule has 0 saturated carbocycles. The van der Waals surface area contributed by atoms with Gasteiger partial charge in [0.2, 0.25) is 5.91 Å². The Bertz CT molecular complexity index is 818. The molecule has 30 heavy (non-hydrogen) atoms. The van der Waals surface area contributed by atoms with Gasteiger partial charge in [0.1, 0.15) is 0 Å². The first-order valence-corrected chi connectivity index (χ1v) is 11.0. The van der Waals surface area contributed by atoms with Crippen molar-refractivity contribution < 1.29 is 9.53 Å². The van der Waals surface area contributed by atoms with Crippen LogP contribution in [-0.4, -0.2) is 60.0 Å². The first kappa shape index (κ1) is 22.5. The molecule has 6 nitrogen and oxygen atoms in total. The molecule has 2 heterocycles. The third kappa shape index (κ3) is 5.70. The molecular weight excluding hydrogens is 376 g/mol. The molecule has 0 spiro atoms. The van der Waals surface area contributed by atoms with Gasteiger partial charge in [-0.15, -0.1) is 0 Å². The van der Waals surface area contributed by atoms with Crippen LogP contribution in [-0.2, 0) is 23.0 Å². The zero-order valence-electron chi connectivity index (χ0n) is 18.9. The van der Waals surface area contributed by atoms with Crippen molar-refractivity contribution >= 4 is 5.91 Å². The van der Waals surface area contributed by atoms with E-state index in [0.29, 0.717) is 12.3 Å². The Balaban J connectivity index is 1.63. The molecule has 1 fully saturated rings. The second-order valence-corrected chi connectivity index (χ2v) is 8.40. The van der Waals surface area contributed by atoms with Gasteiger partial charge in [-0.1, -0.05) is 30.3 Å². The number of hydrogen-bond donors (Lipinski definition) is 1. The Hall–Kier alpha value is -2.18. The lowest BCUT2D eigenvalue weighted by molar-refractivity contribution is -0.122. The van der Waals surface area contributed by atoms with E-state index in [1.807, 2.05) is 18.7 Å². The van der Waals surface area contributed by atoms with E-state index in [1.165, 1.54) is 11.1 Å². The molecule has 1 aromatic carbocycles. The maximum absolute atomic E-state index is 12.9. The molecule has 0 unspecified atom stereocenters. The Morgan fingerprint density at radius 3 is 2.70 bits per heavy atom. The summed E-state index contributed by atoms with van der Waals surface area (Å²) >= 11 is 0. The summed E-state index contributed by atoms with van der Waals surface area (Å²) in [5, 5.41) is 7.83. The van der Waals surface area contributed by atoms with Crippen LogP contribution in [0.1, 0.15) is 47.7 Å². The number of hydrogen-bond acceptors (Lipinski definition) is 4. The number of methoxy groups -OCH3 is 1. The van der Waals surface area contributed by atoms with Gasteiger partial charge in [0.05, 0.1) is 5.69 Å². The molecular formula is C24H36N4O2. The normalized spacial score (nSPS) is 19.7. The van der Waals surface area contributed by atoms with Crippen molar-refractivity contribution in [1.82, 2.24) is 20.0 Å². The number of ether oxygens (including phenoxy) is 1. The summed E-state index contributed by atoms with van der Waals surface area (Å²) in [4.78, 5) is 15.3. The Morgan fingerprint density at radius 2 is 2.03 bits per heavy atom. The number of likely N-dealkylation sites (tertiary alicyclic amines) is 1. The number of aromatic nitrogens is 2. The standard InChI is InChI=1S/C24H36N4O2/c1-18-21(19(2)27(3)26-18)11-12-24(29)25-23-17-28(14-8-16-30-4)15-13-22(23)20-9-6-5-7-10-20/h5-7,9-10,22-23H,8,11-17H2,1-4H3,(H,25,29)/t22-,23-/m0/s1. The van der Waals surface area contributed by atoms with Crippen molar-refractivity contribution in [2.75, 3.05) is 33.4 Å². The average molecular weight is 413 g/mol. The molecule has 1 aliphatic heterocycles. The second-order valence-electron chi connectivity index (χ2n) is 8.40. The Labute approximate surface area is 180 Å². The highest BCUT2D eigenvalue weighted by Gasteiger charge is 2.31. The molecule has 2 atom stereocenters. The largest absolute Gasteiger partial charge is 0.385 e. The zero-order chi connectivity index (χ0) is 21.5. The van der Waals surface area contributed by atoms with E-state index < -0.39 is 0 Å². The van der Waals surface area contributed by atoms with Gasteiger partial charge in [0.15, 0.2) is 0 Å². The van der Waals surface area contributed by atoms with Crippen LogP contribution in [0.25, 0.3) is 0 Å². The van der Waals surface area contributed by atoms with Crippen LogP contribution < -0.4 is 5.32 Å². The van der Waals surface area contributed by atoms with Crippen LogP contribution in [0.3, 0.4) is 0 Å². The molecule has 1 aromatic heterocycles. The van der Waals surface area contributed by atoms with Crippen molar-refractivity contribution in [2.24, 2.45) is 7.05 Å². The highest BCUT2D eigenvalue weighted by molar-refractivity contribution is 5.76. The lowest BCUT2D eigenvalue weighted by atomic mass is 9.85. The smallest absolute Gasteiger partial charge is 0.220 e. The van der Waals surface area contributed by atoms with E-state index >= 15 is 0 Å². The summed E-state index contributed by atoms with van der Waals surface area (Å²) in [7, 11) is 3.70. The van der Waals surface area contributed by atoms with E-state index in [-0.39, 0.29) is 11.9 Å². The van der Waals surface area contributed by atoms with Gasteiger partial charge < -0.3 is 15.0 Å². The first-order chi connectivity index (χ1) is 14.5. The van der Waals surface area contributed by atoms with Gasteiger partial charge in [-0.25, -0.2) is 0 Å². The van der Waals surface area contributed by atoms with Crippen molar-refractivity contribution in [3.05, 3.63) is 52.8 Å². The fourth-order valence-electron chi connectivity index (χ4n) is 4.60. The summed E-state index contributed by atoms with van der Waals surface area (Å²) in [6.45, 7) is 7.82. The van der Waals surface area contributed by atoms with Gasteiger partial charge in [-0.2, -0.15) is 5.10 Å². The van der Waals surface area contributed by atoms with Gasteiger partial charge >= 0.3 is 0 Å². The summed E-state index contributed by atoms with van der Waals surface area (Å²) in [5.74, 6) is 0.484. The molecule has 0 aliphatic carbocycles. The number of rotatable bonds is 9. The monoisotopic (exact) mass is 412 g/mol. The van der Waals surface area contributed by atoms with Crippen LogP contribution in [0.15, 0.2) is 30.3 Å². The van der Waals surface area contributed by atoms with Crippen molar-refractivity contribution in [2.45, 2.75) is 51.5 Å². The fourth-order valence-corrected chi connectivity index (χ4v) is 4.60. The molecule has 2 aromatic rings. The van der Waals surface area contributed by atoms with Crippen molar-refractivity contribution in [3.8, 4) is 0 Å². The molecule has 1 N–H and O–H groups in total. The molecule has 0 radical (unpaired) electrons. The van der Waals surface area contributed by atoms with E-state index in [1.54, 1.807) is 7.11 Å². The molecule has 1 aliphatic rings. The van der Waals surface area contributed by atoms with Gasteiger partial charge in [-0.3, -0.25) is 9.48 Å². The third-order valence-electron chi connectivity index (χ3n) is 6.35. The van der Waals surface area contributed by atoms with Crippen molar-refractivity contribution in [1.29, 1.82) is 0 Å². The quantitative estimate of drug-likeness (QED) is 0.644. The molecule has 6 heteroatoms. The van der Waals surface area contributed by atoms with E-state index in [0.717, 1.165) is 56.9 Å². The highest BCUT2D eigenvalue weighted by atomic mass is 16.5. The lowest BCUT2D eigenvalue weighted by Gasteiger charge is -2.39. The zero-order valence-corrected chi connectivity index (χ0v) is 18.9. The summed E-state index contributed by atoms with van der Waals surface area (Å²) in [6.07, 6.45) is 3.31. The van der Waals surface area contributed by atoms with E-state index in [4.69, 9.17) is 4.74 Å². The van der Waals surface area contributed by atoms with Gasteiger partial charge in [-0.05, 0) is 50.8 Å². The third-order valence-corrected chi connectivity index (χ3v) is 6.35. The summed E-state index contributed by atoms with van der Waals surface area (Å²) < 4.78 is 7.10. The second kappa shape index (κ2) is 10.7. The molecule has 0 bridgehead atoms. The maximum atomic E-state index is 12.9. The number of carbonyl (C=O) groups is 1. The summed E-state index contributed by atoms with van der Waals surface area (Å²) in [6, 6.07) is 10.7. The number of carbonyl (C=O) groups excluding carboxylic acids is 1. The lowest BCUT2D eigenvalue weighted by Crippen LogP contribution is -2.52. The average Bonchev–Trinajstić information content (AvgIpc) is 2.98. The topological polar surface area (TPSA) is 59.4 Å². The van der Waals surface area contributed by atoms with Gasteiger partial charge in [0.25, 0.3) is 0 Å². The fraction of sp³-hybridized carbons (Fsp3) is 0.583. The Kier molecular flexibility index (Phi) is 8.05. The predicted octanol–water partition coefficient (Wildman–Crippen LogP) is 2.98. The van der Waals surface area contributed by atoms with Gasteiger partial charge in [0, 0.05) is 57.9 Å². The SMILES string of the molecule is COCCCN1CC[C@@H](c2ccccc2)[C@@H](NC(=O)CCc2c(C)nn(C)c2C)C1. The molecule has 164 valence electrons. The van der Waals surface area contributed by atoms with E-state index in [2.05, 4.69) is 52.6 Å². The van der Waals surface area contributed by atoms with Crippen LogP contribution in [0.5, 0.6) is 0 Å². The minimum atomic E-state index is 0.127.